The molecule has 13 heavy (non-hydrogen) atoms. The van der Waals surface area contributed by atoms with E-state index in [9.17, 15) is 5.11 Å². The summed E-state index contributed by atoms with van der Waals surface area (Å²) in [6.45, 7) is 0. The van der Waals surface area contributed by atoms with Gasteiger partial charge in [0.1, 0.15) is 4.93 Å². The normalized spacial score (nSPS) is 54.7. The van der Waals surface area contributed by atoms with Crippen molar-refractivity contribution in [3.63, 3.8) is 0 Å². The van der Waals surface area contributed by atoms with Gasteiger partial charge in [-0.3, -0.25) is 0 Å². The first-order valence-electron chi connectivity index (χ1n) is 5.34. The average molecular weight is 216 g/mol. The Balaban J connectivity index is 1.82. The smallest absolute Gasteiger partial charge is 0.122 e. The molecule has 1 heterocycles. The van der Waals surface area contributed by atoms with Crippen molar-refractivity contribution in [1.82, 2.24) is 0 Å². The Labute approximate surface area is 88.0 Å². The van der Waals surface area contributed by atoms with Crippen molar-refractivity contribution in [2.24, 2.45) is 0 Å². The van der Waals surface area contributed by atoms with Gasteiger partial charge in [0.25, 0.3) is 0 Å². The Morgan fingerprint density at radius 2 is 1.92 bits per heavy atom. The maximum absolute atomic E-state index is 10.4. The molecule has 1 saturated heterocycles. The van der Waals surface area contributed by atoms with Crippen LogP contribution < -0.4 is 0 Å². The van der Waals surface area contributed by atoms with Crippen molar-refractivity contribution < 1.29 is 5.11 Å². The van der Waals surface area contributed by atoms with Crippen LogP contribution in [0, 0.1) is 0 Å². The standard InChI is InChI=1S/C10H16OS2/c11-10-6-2-5-9(10)12-7-3-1-4-8(7)13-10/h7-9,11H,1-6H2. The second-order valence-corrected chi connectivity index (χ2v) is 7.48. The van der Waals surface area contributed by atoms with Gasteiger partial charge in [0.2, 0.25) is 0 Å². The fourth-order valence-corrected chi connectivity index (χ4v) is 6.88. The van der Waals surface area contributed by atoms with Gasteiger partial charge in [0, 0.05) is 15.7 Å². The van der Waals surface area contributed by atoms with Crippen molar-refractivity contribution in [2.75, 3.05) is 0 Å². The summed E-state index contributed by atoms with van der Waals surface area (Å²) < 4.78 is 0. The summed E-state index contributed by atoms with van der Waals surface area (Å²) >= 11 is 4.01. The highest BCUT2D eigenvalue weighted by molar-refractivity contribution is 8.08. The summed E-state index contributed by atoms with van der Waals surface area (Å²) in [6, 6.07) is 0. The van der Waals surface area contributed by atoms with Crippen LogP contribution in [0.4, 0.5) is 0 Å². The third kappa shape index (κ3) is 1.35. The fraction of sp³-hybridized carbons (Fsp3) is 1.00. The average Bonchev–Trinajstić information content (AvgIpc) is 2.63. The van der Waals surface area contributed by atoms with Gasteiger partial charge in [-0.1, -0.05) is 6.42 Å². The fourth-order valence-electron chi connectivity index (χ4n) is 2.89. The van der Waals surface area contributed by atoms with E-state index < -0.39 is 0 Å². The Morgan fingerprint density at radius 3 is 2.85 bits per heavy atom. The molecule has 4 atom stereocenters. The zero-order valence-electron chi connectivity index (χ0n) is 7.74. The summed E-state index contributed by atoms with van der Waals surface area (Å²) in [7, 11) is 0. The minimum absolute atomic E-state index is 0.337. The lowest BCUT2D eigenvalue weighted by molar-refractivity contribution is 0.148. The quantitative estimate of drug-likeness (QED) is 0.672. The molecule has 0 amide bonds. The maximum atomic E-state index is 10.4. The first-order valence-corrected chi connectivity index (χ1v) is 7.16. The van der Waals surface area contributed by atoms with Crippen LogP contribution in [0.25, 0.3) is 0 Å². The summed E-state index contributed by atoms with van der Waals surface area (Å²) in [5.41, 5.74) is 0. The van der Waals surface area contributed by atoms with Crippen LogP contribution in [0.2, 0.25) is 0 Å². The molecule has 3 fully saturated rings. The zero-order valence-corrected chi connectivity index (χ0v) is 9.37. The van der Waals surface area contributed by atoms with Gasteiger partial charge in [-0.15, -0.1) is 11.8 Å². The Morgan fingerprint density at radius 1 is 1.08 bits per heavy atom. The molecule has 2 aliphatic carbocycles. The molecule has 0 bridgehead atoms. The molecule has 0 radical (unpaired) electrons. The molecular weight excluding hydrogens is 200 g/mol. The highest BCUT2D eigenvalue weighted by Crippen LogP contribution is 2.57. The first kappa shape index (κ1) is 8.93. The lowest BCUT2D eigenvalue weighted by atomic mass is 10.3. The first-order chi connectivity index (χ1) is 6.28. The Bertz CT molecular complexity index is 221. The lowest BCUT2D eigenvalue weighted by Crippen LogP contribution is -2.41. The summed E-state index contributed by atoms with van der Waals surface area (Å²) in [5.74, 6) is 0. The van der Waals surface area contributed by atoms with Gasteiger partial charge < -0.3 is 5.11 Å². The highest BCUT2D eigenvalue weighted by atomic mass is 32.2. The maximum Gasteiger partial charge on any atom is 0.122 e. The van der Waals surface area contributed by atoms with E-state index >= 15 is 0 Å². The lowest BCUT2D eigenvalue weighted by Gasteiger charge is -2.40. The molecular formula is C10H16OS2. The van der Waals surface area contributed by atoms with Crippen LogP contribution in [-0.4, -0.2) is 25.8 Å². The van der Waals surface area contributed by atoms with E-state index in [-0.39, 0.29) is 4.93 Å². The number of aliphatic hydroxyl groups is 1. The van der Waals surface area contributed by atoms with Crippen molar-refractivity contribution in [1.29, 1.82) is 0 Å². The van der Waals surface area contributed by atoms with Gasteiger partial charge in [-0.25, -0.2) is 0 Å². The third-order valence-corrected chi connectivity index (χ3v) is 7.54. The third-order valence-electron chi connectivity index (χ3n) is 3.59. The largest absolute Gasteiger partial charge is 0.378 e. The second-order valence-electron chi connectivity index (χ2n) is 4.49. The second kappa shape index (κ2) is 3.07. The SMILES string of the molecule is OC12CCCC1SC1CCCC1S2. The van der Waals surface area contributed by atoms with Gasteiger partial charge in [0.15, 0.2) is 0 Å². The summed E-state index contributed by atoms with van der Waals surface area (Å²) in [5, 5.41) is 12.6. The topological polar surface area (TPSA) is 20.2 Å². The molecule has 0 aromatic heterocycles. The molecule has 0 spiro atoms. The van der Waals surface area contributed by atoms with E-state index in [1.165, 1.54) is 32.1 Å². The molecule has 1 N–H and O–H groups in total. The van der Waals surface area contributed by atoms with E-state index in [4.69, 9.17) is 0 Å². The number of rotatable bonds is 0. The molecule has 0 aromatic carbocycles. The van der Waals surface area contributed by atoms with Gasteiger partial charge in [-0.05, 0) is 32.1 Å². The number of thioether (sulfide) groups is 2. The van der Waals surface area contributed by atoms with Crippen molar-refractivity contribution >= 4 is 23.5 Å². The van der Waals surface area contributed by atoms with E-state index in [1.54, 1.807) is 0 Å². The van der Waals surface area contributed by atoms with E-state index in [2.05, 4.69) is 11.8 Å². The minimum atomic E-state index is -0.337. The number of hydrogen-bond acceptors (Lipinski definition) is 3. The number of fused-ring (bicyclic) bond motifs is 2. The van der Waals surface area contributed by atoms with E-state index in [0.29, 0.717) is 5.25 Å². The van der Waals surface area contributed by atoms with Crippen LogP contribution in [0.5, 0.6) is 0 Å². The van der Waals surface area contributed by atoms with Crippen LogP contribution in [0.15, 0.2) is 0 Å². The highest BCUT2D eigenvalue weighted by Gasteiger charge is 2.51. The van der Waals surface area contributed by atoms with Crippen LogP contribution >= 0.6 is 23.5 Å². The van der Waals surface area contributed by atoms with Crippen LogP contribution in [0.3, 0.4) is 0 Å². The van der Waals surface area contributed by atoms with E-state index in [1.807, 2.05) is 11.8 Å². The summed E-state index contributed by atoms with van der Waals surface area (Å²) in [6.07, 6.45) is 7.65. The Hall–Kier alpha value is 0.660. The van der Waals surface area contributed by atoms with Gasteiger partial charge in [-0.2, -0.15) is 11.8 Å². The predicted molar refractivity (Wildman–Crippen MR) is 59.2 cm³/mol. The molecule has 4 unspecified atom stereocenters. The molecule has 3 heteroatoms. The molecule has 1 aliphatic heterocycles. The van der Waals surface area contributed by atoms with Crippen LogP contribution in [0.1, 0.15) is 38.5 Å². The number of hydrogen-bond donors (Lipinski definition) is 1. The monoisotopic (exact) mass is 216 g/mol. The zero-order chi connectivity index (χ0) is 8.89. The van der Waals surface area contributed by atoms with Gasteiger partial charge >= 0.3 is 0 Å². The predicted octanol–water partition coefficient (Wildman–Crippen LogP) is 2.63. The van der Waals surface area contributed by atoms with Gasteiger partial charge in [0.05, 0.1) is 0 Å². The van der Waals surface area contributed by atoms with Crippen molar-refractivity contribution in [3.05, 3.63) is 0 Å². The summed E-state index contributed by atoms with van der Waals surface area (Å²) in [4.78, 5) is -0.337. The van der Waals surface area contributed by atoms with Crippen LogP contribution in [-0.2, 0) is 0 Å². The molecule has 74 valence electrons. The molecule has 1 nitrogen and oxygen atoms in total. The van der Waals surface area contributed by atoms with Crippen molar-refractivity contribution in [2.45, 2.75) is 59.2 Å². The van der Waals surface area contributed by atoms with E-state index in [0.717, 1.165) is 16.9 Å². The minimum Gasteiger partial charge on any atom is -0.378 e. The van der Waals surface area contributed by atoms with Crippen molar-refractivity contribution in [3.8, 4) is 0 Å². The molecule has 3 aliphatic rings. The molecule has 2 saturated carbocycles. The Kier molecular flexibility index (Phi) is 2.11. The molecule has 0 aromatic rings. The molecule has 3 rings (SSSR count).